The molecule has 0 radical (unpaired) electrons. The average molecular weight is 260 g/mol. The largest absolute Gasteiger partial charge is 0.0690 e. The summed E-state index contributed by atoms with van der Waals surface area (Å²) in [5.74, 6) is 0.811. The first-order chi connectivity index (χ1) is 9.86. The number of allylic oxidation sites excluding steroid dienone is 1. The minimum atomic E-state index is 0.599. The third-order valence-electron chi connectivity index (χ3n) is 5.09. The van der Waals surface area contributed by atoms with Crippen LogP contribution in [0.4, 0.5) is 0 Å². The molecule has 20 heavy (non-hydrogen) atoms. The number of benzene rings is 2. The lowest BCUT2D eigenvalue weighted by atomic mass is 9.97. The van der Waals surface area contributed by atoms with Crippen molar-refractivity contribution in [3.05, 3.63) is 77.4 Å². The molecule has 0 nitrogen and oxygen atoms in total. The molecule has 2 aromatic rings. The van der Waals surface area contributed by atoms with Crippen molar-refractivity contribution >= 4 is 6.08 Å². The highest BCUT2D eigenvalue weighted by molar-refractivity contribution is 5.54. The predicted molar refractivity (Wildman–Crippen MR) is 84.5 cm³/mol. The van der Waals surface area contributed by atoms with Crippen LogP contribution in [-0.4, -0.2) is 0 Å². The quantitative estimate of drug-likeness (QED) is 0.675. The van der Waals surface area contributed by atoms with Gasteiger partial charge in [0.25, 0.3) is 0 Å². The highest BCUT2D eigenvalue weighted by Gasteiger charge is 2.56. The van der Waals surface area contributed by atoms with E-state index >= 15 is 0 Å². The highest BCUT2D eigenvalue weighted by atomic mass is 14.6. The lowest BCUT2D eigenvalue weighted by Crippen LogP contribution is -1.95. The van der Waals surface area contributed by atoms with Crippen molar-refractivity contribution in [3.8, 4) is 0 Å². The van der Waals surface area contributed by atoms with Gasteiger partial charge in [-0.15, -0.1) is 0 Å². The molecule has 0 bridgehead atoms. The molecule has 2 saturated carbocycles. The first-order valence-corrected chi connectivity index (χ1v) is 7.65. The Balaban J connectivity index is 1.51. The standard InChI is InChI=1S/C20H20/c1-3-7-16(8-4-1)13-17-11-12-20(14-17)15-19(20)18-9-5-2-6-10-18/h1-10,13,19H,11-12,14-15H2. The molecule has 2 aliphatic rings. The summed E-state index contributed by atoms with van der Waals surface area (Å²) < 4.78 is 0. The summed E-state index contributed by atoms with van der Waals surface area (Å²) in [5, 5.41) is 0. The third-order valence-corrected chi connectivity index (χ3v) is 5.09. The number of hydrogen-bond donors (Lipinski definition) is 0. The highest BCUT2D eigenvalue weighted by Crippen LogP contribution is 2.68. The van der Waals surface area contributed by atoms with Crippen molar-refractivity contribution in [1.29, 1.82) is 0 Å². The van der Waals surface area contributed by atoms with Crippen LogP contribution in [0.15, 0.2) is 66.2 Å². The lowest BCUT2D eigenvalue weighted by molar-refractivity contribution is 0.521. The van der Waals surface area contributed by atoms with Gasteiger partial charge in [0.15, 0.2) is 0 Å². The molecule has 2 unspecified atom stereocenters. The van der Waals surface area contributed by atoms with Crippen LogP contribution in [0.2, 0.25) is 0 Å². The van der Waals surface area contributed by atoms with E-state index in [0.29, 0.717) is 5.41 Å². The molecule has 0 amide bonds. The second-order valence-electron chi connectivity index (χ2n) is 6.42. The Hall–Kier alpha value is -1.82. The van der Waals surface area contributed by atoms with Crippen molar-refractivity contribution in [1.82, 2.24) is 0 Å². The molecular formula is C20H20. The monoisotopic (exact) mass is 260 g/mol. The molecule has 0 N–H and O–H groups in total. The van der Waals surface area contributed by atoms with Gasteiger partial charge in [0.05, 0.1) is 0 Å². The van der Waals surface area contributed by atoms with Crippen molar-refractivity contribution in [2.45, 2.75) is 31.6 Å². The van der Waals surface area contributed by atoms with E-state index in [-0.39, 0.29) is 0 Å². The van der Waals surface area contributed by atoms with Crippen LogP contribution in [0.25, 0.3) is 6.08 Å². The van der Waals surface area contributed by atoms with Crippen LogP contribution in [0.1, 0.15) is 42.7 Å². The van der Waals surface area contributed by atoms with E-state index < -0.39 is 0 Å². The van der Waals surface area contributed by atoms with Gasteiger partial charge in [0, 0.05) is 0 Å². The van der Waals surface area contributed by atoms with Crippen molar-refractivity contribution in [2.24, 2.45) is 5.41 Å². The zero-order chi connectivity index (χ0) is 13.4. The Morgan fingerprint density at radius 3 is 2.35 bits per heavy atom. The average Bonchev–Trinajstić information content (AvgIpc) is 3.06. The van der Waals surface area contributed by atoms with Crippen molar-refractivity contribution < 1.29 is 0 Å². The van der Waals surface area contributed by atoms with E-state index in [1.165, 1.54) is 31.2 Å². The van der Waals surface area contributed by atoms with Gasteiger partial charge in [0.2, 0.25) is 0 Å². The number of rotatable bonds is 2. The Labute approximate surface area is 121 Å². The molecule has 2 fully saturated rings. The Kier molecular flexibility index (Phi) is 2.77. The maximum Gasteiger partial charge on any atom is -0.00963 e. The Morgan fingerprint density at radius 2 is 1.60 bits per heavy atom. The number of hydrogen-bond acceptors (Lipinski definition) is 0. The maximum absolute atomic E-state index is 2.41. The van der Waals surface area contributed by atoms with Gasteiger partial charge < -0.3 is 0 Å². The van der Waals surface area contributed by atoms with E-state index in [2.05, 4.69) is 66.7 Å². The smallest absolute Gasteiger partial charge is 0.00963 e. The minimum absolute atomic E-state index is 0.599. The zero-order valence-corrected chi connectivity index (χ0v) is 11.8. The van der Waals surface area contributed by atoms with Gasteiger partial charge >= 0.3 is 0 Å². The molecule has 4 rings (SSSR count). The van der Waals surface area contributed by atoms with E-state index in [1.807, 2.05) is 0 Å². The maximum atomic E-state index is 2.41. The predicted octanol–water partition coefficient (Wildman–Crippen LogP) is 5.43. The summed E-state index contributed by atoms with van der Waals surface area (Å²) in [5.41, 5.74) is 5.15. The molecule has 0 heteroatoms. The fourth-order valence-corrected chi connectivity index (χ4v) is 3.92. The summed E-state index contributed by atoms with van der Waals surface area (Å²) in [6.07, 6.45) is 7.78. The van der Waals surface area contributed by atoms with Crippen molar-refractivity contribution in [2.75, 3.05) is 0 Å². The first kappa shape index (κ1) is 12.0. The van der Waals surface area contributed by atoms with E-state index in [1.54, 1.807) is 11.1 Å². The normalized spacial score (nSPS) is 30.0. The van der Waals surface area contributed by atoms with Crippen LogP contribution in [0.3, 0.4) is 0 Å². The Morgan fingerprint density at radius 1 is 0.900 bits per heavy atom. The summed E-state index contributed by atoms with van der Waals surface area (Å²) in [6, 6.07) is 21.8. The summed E-state index contributed by atoms with van der Waals surface area (Å²) in [7, 11) is 0. The molecule has 2 atom stereocenters. The topological polar surface area (TPSA) is 0 Å². The molecule has 0 saturated heterocycles. The van der Waals surface area contributed by atoms with Gasteiger partial charge in [-0.05, 0) is 48.1 Å². The van der Waals surface area contributed by atoms with Gasteiger partial charge in [-0.25, -0.2) is 0 Å². The van der Waals surface area contributed by atoms with E-state index in [0.717, 1.165) is 5.92 Å². The van der Waals surface area contributed by atoms with Crippen LogP contribution < -0.4 is 0 Å². The summed E-state index contributed by atoms with van der Waals surface area (Å²) in [6.45, 7) is 0. The van der Waals surface area contributed by atoms with Crippen LogP contribution in [-0.2, 0) is 0 Å². The van der Waals surface area contributed by atoms with Gasteiger partial charge in [-0.3, -0.25) is 0 Å². The van der Waals surface area contributed by atoms with Gasteiger partial charge in [-0.1, -0.05) is 72.3 Å². The van der Waals surface area contributed by atoms with Crippen LogP contribution >= 0.6 is 0 Å². The fraction of sp³-hybridized carbons (Fsp3) is 0.300. The summed E-state index contributed by atoms with van der Waals surface area (Å²) >= 11 is 0. The fourth-order valence-electron chi connectivity index (χ4n) is 3.92. The van der Waals surface area contributed by atoms with E-state index in [9.17, 15) is 0 Å². The minimum Gasteiger partial charge on any atom is -0.0690 e. The second-order valence-corrected chi connectivity index (χ2v) is 6.42. The molecule has 2 aromatic carbocycles. The second kappa shape index (κ2) is 4.63. The van der Waals surface area contributed by atoms with Crippen LogP contribution in [0.5, 0.6) is 0 Å². The first-order valence-electron chi connectivity index (χ1n) is 7.65. The van der Waals surface area contributed by atoms with E-state index in [4.69, 9.17) is 0 Å². The Bertz CT molecular complexity index is 624. The molecule has 0 heterocycles. The zero-order valence-electron chi connectivity index (χ0n) is 11.8. The SMILES string of the molecule is C(=C1CCC2(C1)CC2c1ccccc1)c1ccccc1. The third kappa shape index (κ3) is 2.10. The molecule has 1 spiro atoms. The molecule has 0 aliphatic heterocycles. The summed E-state index contributed by atoms with van der Waals surface area (Å²) in [4.78, 5) is 0. The molecule has 0 aromatic heterocycles. The van der Waals surface area contributed by atoms with Gasteiger partial charge in [-0.2, -0.15) is 0 Å². The van der Waals surface area contributed by atoms with Gasteiger partial charge in [0.1, 0.15) is 0 Å². The lowest BCUT2D eigenvalue weighted by Gasteiger charge is -2.07. The molecular weight excluding hydrogens is 240 g/mol. The molecule has 100 valence electrons. The molecule has 2 aliphatic carbocycles. The van der Waals surface area contributed by atoms with Crippen LogP contribution in [0, 0.1) is 5.41 Å². The van der Waals surface area contributed by atoms with Crippen molar-refractivity contribution in [3.63, 3.8) is 0 Å².